The summed E-state index contributed by atoms with van der Waals surface area (Å²) in [6.45, 7) is 10.8. The molecule has 0 unspecified atom stereocenters. The molecule has 2 aliphatic rings. The smallest absolute Gasteiger partial charge is 0.253 e. The van der Waals surface area contributed by atoms with Crippen molar-refractivity contribution in [2.45, 2.75) is 59.4 Å². The van der Waals surface area contributed by atoms with Crippen LogP contribution in [0.25, 0.3) is 16.9 Å². The van der Waals surface area contributed by atoms with E-state index in [1.54, 1.807) is 12.1 Å². The number of benzene rings is 2. The molecule has 7 heteroatoms. The highest BCUT2D eigenvalue weighted by Crippen LogP contribution is 2.65. The van der Waals surface area contributed by atoms with Gasteiger partial charge >= 0.3 is 0 Å². The highest BCUT2D eigenvalue weighted by Gasteiger charge is 2.60. The van der Waals surface area contributed by atoms with Crippen LogP contribution in [0, 0.1) is 23.7 Å². The standard InChI is InChI=1S/C31H36Cl3N3O/c1-19-24(29(38)36-15-5-14-35-27-16-21-12-13-31(27,4)30(21,2)3)18-37(26-11-10-23(33)17-25(26)34)28(19)20-6-8-22(32)9-7-20/h6-11,17-18,21,27,35H,5,12-16H2,1-4H3,(H,36,38)/t21-,27-,31+/m0/s1. The molecule has 3 aromatic rings. The lowest BCUT2D eigenvalue weighted by molar-refractivity contribution is 0.0951. The van der Waals surface area contributed by atoms with Crippen molar-refractivity contribution in [2.24, 2.45) is 16.7 Å². The maximum atomic E-state index is 13.3. The van der Waals surface area contributed by atoms with Crippen LogP contribution in [0.3, 0.4) is 0 Å². The van der Waals surface area contributed by atoms with Crippen LogP contribution in [-0.2, 0) is 0 Å². The molecule has 0 saturated heterocycles. The number of amides is 1. The van der Waals surface area contributed by atoms with Crippen molar-refractivity contribution in [3.05, 3.63) is 74.9 Å². The predicted octanol–water partition coefficient (Wildman–Crippen LogP) is 8.34. The second-order valence-corrected chi connectivity index (χ2v) is 13.0. The first-order valence-electron chi connectivity index (χ1n) is 13.5. The van der Waals surface area contributed by atoms with Crippen molar-refractivity contribution in [1.82, 2.24) is 15.2 Å². The van der Waals surface area contributed by atoms with Gasteiger partial charge in [-0.15, -0.1) is 0 Å². The number of aromatic nitrogens is 1. The number of rotatable bonds is 8. The second kappa shape index (κ2) is 10.5. The molecule has 0 radical (unpaired) electrons. The summed E-state index contributed by atoms with van der Waals surface area (Å²) in [5.41, 5.74) is 4.87. The molecule has 0 aliphatic heterocycles. The van der Waals surface area contributed by atoms with Gasteiger partial charge in [0.05, 0.1) is 22.0 Å². The van der Waals surface area contributed by atoms with Crippen molar-refractivity contribution < 1.29 is 4.79 Å². The SMILES string of the molecule is Cc1c(C(=O)NCCCN[C@H]2C[C@@H]3CC[C@@]2(C)C3(C)C)cn(-c2ccc(Cl)cc2Cl)c1-c1ccc(Cl)cc1. The average Bonchev–Trinajstić information content (AvgIpc) is 3.39. The van der Waals surface area contributed by atoms with E-state index < -0.39 is 0 Å². The lowest BCUT2D eigenvalue weighted by atomic mass is 9.69. The number of nitrogens with one attached hydrogen (secondary N) is 2. The van der Waals surface area contributed by atoms with Gasteiger partial charge in [0, 0.05) is 28.8 Å². The molecule has 2 saturated carbocycles. The lowest BCUT2D eigenvalue weighted by Gasteiger charge is -2.39. The third-order valence-corrected chi connectivity index (χ3v) is 10.4. The van der Waals surface area contributed by atoms with Crippen molar-refractivity contribution >= 4 is 40.7 Å². The first-order chi connectivity index (χ1) is 18.0. The van der Waals surface area contributed by atoms with E-state index in [-0.39, 0.29) is 5.91 Å². The number of hydrogen-bond acceptors (Lipinski definition) is 2. The second-order valence-electron chi connectivity index (χ2n) is 11.7. The van der Waals surface area contributed by atoms with Crippen LogP contribution in [0.1, 0.15) is 62.4 Å². The van der Waals surface area contributed by atoms with E-state index in [0.29, 0.717) is 44.0 Å². The molecular weight excluding hydrogens is 537 g/mol. The molecule has 4 nitrogen and oxygen atoms in total. The number of carbonyl (C=O) groups is 1. The van der Waals surface area contributed by atoms with Crippen LogP contribution in [0.15, 0.2) is 48.7 Å². The summed E-state index contributed by atoms with van der Waals surface area (Å²) >= 11 is 18.9. The molecule has 1 aromatic heterocycles. The quantitative estimate of drug-likeness (QED) is 0.267. The Kier molecular flexibility index (Phi) is 7.65. The topological polar surface area (TPSA) is 46.1 Å². The fraction of sp³-hybridized carbons (Fsp3) is 0.452. The van der Waals surface area contributed by atoms with Gasteiger partial charge < -0.3 is 15.2 Å². The molecule has 2 aromatic carbocycles. The van der Waals surface area contributed by atoms with Gasteiger partial charge in [-0.05, 0) is 97.4 Å². The van der Waals surface area contributed by atoms with Gasteiger partial charge in [-0.25, -0.2) is 0 Å². The Balaban J connectivity index is 1.29. The van der Waals surface area contributed by atoms with Gasteiger partial charge in [-0.1, -0.05) is 67.7 Å². The maximum Gasteiger partial charge on any atom is 0.253 e. The third-order valence-electron chi connectivity index (χ3n) is 9.61. The normalized spacial score (nSPS) is 23.7. The molecule has 38 heavy (non-hydrogen) atoms. The minimum Gasteiger partial charge on any atom is -0.352 e. The minimum absolute atomic E-state index is 0.0884. The molecule has 5 rings (SSSR count). The summed E-state index contributed by atoms with van der Waals surface area (Å²) in [5.74, 6) is 0.732. The number of halogens is 3. The maximum absolute atomic E-state index is 13.3. The van der Waals surface area contributed by atoms with E-state index in [1.165, 1.54) is 19.3 Å². The molecule has 2 fully saturated rings. The summed E-state index contributed by atoms with van der Waals surface area (Å²) in [6.07, 6.45) is 6.68. The summed E-state index contributed by atoms with van der Waals surface area (Å²) in [7, 11) is 0. The largest absolute Gasteiger partial charge is 0.352 e. The molecule has 2 bridgehead atoms. The van der Waals surface area contributed by atoms with Gasteiger partial charge in [0.15, 0.2) is 0 Å². The van der Waals surface area contributed by atoms with Gasteiger partial charge in [-0.3, -0.25) is 4.79 Å². The Morgan fingerprint density at radius 2 is 1.74 bits per heavy atom. The van der Waals surface area contributed by atoms with Crippen LogP contribution >= 0.6 is 34.8 Å². The van der Waals surface area contributed by atoms with Gasteiger partial charge in [0.2, 0.25) is 0 Å². The highest BCUT2D eigenvalue weighted by molar-refractivity contribution is 6.35. The molecule has 2 N–H and O–H groups in total. The van der Waals surface area contributed by atoms with E-state index in [0.717, 1.165) is 41.4 Å². The van der Waals surface area contributed by atoms with Crippen molar-refractivity contribution in [1.29, 1.82) is 0 Å². The Labute approximate surface area is 241 Å². The fourth-order valence-corrected chi connectivity index (χ4v) is 7.46. The Hall–Kier alpha value is -1.98. The zero-order chi connectivity index (χ0) is 27.2. The summed E-state index contributed by atoms with van der Waals surface area (Å²) in [4.78, 5) is 13.3. The average molecular weight is 573 g/mol. The molecule has 202 valence electrons. The Morgan fingerprint density at radius 1 is 1.03 bits per heavy atom. The number of nitrogens with zero attached hydrogens (tertiary/aromatic N) is 1. The zero-order valence-corrected chi connectivity index (χ0v) is 24.8. The van der Waals surface area contributed by atoms with Gasteiger partial charge in [0.25, 0.3) is 5.91 Å². The first kappa shape index (κ1) is 27.6. The van der Waals surface area contributed by atoms with Gasteiger partial charge in [0.1, 0.15) is 0 Å². The van der Waals surface area contributed by atoms with Crippen molar-refractivity contribution in [3.8, 4) is 16.9 Å². The molecule has 2 aliphatic carbocycles. The molecule has 1 amide bonds. The fourth-order valence-electron chi connectivity index (χ4n) is 6.83. The number of hydrogen-bond donors (Lipinski definition) is 2. The van der Waals surface area contributed by atoms with Crippen molar-refractivity contribution in [2.75, 3.05) is 13.1 Å². The highest BCUT2D eigenvalue weighted by atomic mass is 35.5. The van der Waals surface area contributed by atoms with E-state index in [4.69, 9.17) is 34.8 Å². The third kappa shape index (κ3) is 4.79. The summed E-state index contributed by atoms with van der Waals surface area (Å²) in [5, 5.41) is 8.68. The van der Waals surface area contributed by atoms with Crippen LogP contribution in [-0.4, -0.2) is 29.6 Å². The Morgan fingerprint density at radius 3 is 2.37 bits per heavy atom. The number of carbonyl (C=O) groups excluding carboxylic acids is 1. The minimum atomic E-state index is -0.0884. The zero-order valence-electron chi connectivity index (χ0n) is 22.5. The summed E-state index contributed by atoms with van der Waals surface area (Å²) < 4.78 is 1.96. The lowest BCUT2D eigenvalue weighted by Crippen LogP contribution is -2.45. The first-order valence-corrected chi connectivity index (χ1v) is 14.6. The number of fused-ring (bicyclic) bond motifs is 2. The monoisotopic (exact) mass is 571 g/mol. The van der Waals surface area contributed by atoms with Crippen LogP contribution in [0.5, 0.6) is 0 Å². The van der Waals surface area contributed by atoms with Gasteiger partial charge in [-0.2, -0.15) is 0 Å². The van der Waals surface area contributed by atoms with Crippen LogP contribution < -0.4 is 10.6 Å². The molecule has 1 heterocycles. The van der Waals surface area contributed by atoms with E-state index in [1.807, 2.05) is 48.0 Å². The van der Waals surface area contributed by atoms with E-state index >= 15 is 0 Å². The van der Waals surface area contributed by atoms with Crippen LogP contribution in [0.2, 0.25) is 15.1 Å². The summed E-state index contributed by atoms with van der Waals surface area (Å²) in [6, 6.07) is 13.6. The molecule has 3 atom stereocenters. The van der Waals surface area contributed by atoms with E-state index in [9.17, 15) is 4.79 Å². The molecular formula is C31H36Cl3N3O. The van der Waals surface area contributed by atoms with Crippen LogP contribution in [0.4, 0.5) is 0 Å². The molecule has 0 spiro atoms. The van der Waals surface area contributed by atoms with Crippen molar-refractivity contribution in [3.63, 3.8) is 0 Å². The van der Waals surface area contributed by atoms with E-state index in [2.05, 4.69) is 31.4 Å². The Bertz CT molecular complexity index is 1350. The predicted molar refractivity (Wildman–Crippen MR) is 159 cm³/mol.